The van der Waals surface area contributed by atoms with E-state index in [2.05, 4.69) is 15.5 Å². The number of fused-ring (bicyclic) bond motifs is 1. The van der Waals surface area contributed by atoms with E-state index < -0.39 is 5.60 Å². The van der Waals surface area contributed by atoms with Crippen LogP contribution < -0.4 is 10.6 Å². The van der Waals surface area contributed by atoms with E-state index in [1.807, 2.05) is 20.8 Å². The van der Waals surface area contributed by atoms with Gasteiger partial charge < -0.3 is 15.4 Å². The Labute approximate surface area is 109 Å². The van der Waals surface area contributed by atoms with Gasteiger partial charge in [-0.15, -0.1) is 0 Å². The fraction of sp³-hybridized carbons (Fsp3) is 0.923. The van der Waals surface area contributed by atoms with Crippen LogP contribution in [-0.2, 0) is 4.74 Å². The minimum atomic E-state index is -0.422. The highest BCUT2D eigenvalue weighted by Gasteiger charge is 2.33. The van der Waals surface area contributed by atoms with Crippen molar-refractivity contribution in [3.63, 3.8) is 0 Å². The van der Waals surface area contributed by atoms with Crippen LogP contribution in [0, 0.1) is 0 Å². The third kappa shape index (κ3) is 3.85. The molecule has 5 nitrogen and oxygen atoms in total. The number of hydrogen-bond donors (Lipinski definition) is 2. The summed E-state index contributed by atoms with van der Waals surface area (Å²) >= 11 is 0. The van der Waals surface area contributed by atoms with Crippen LogP contribution in [0.5, 0.6) is 0 Å². The molecule has 2 fully saturated rings. The van der Waals surface area contributed by atoms with Crippen molar-refractivity contribution in [3.05, 3.63) is 0 Å². The Hall–Kier alpha value is -0.810. The topological polar surface area (TPSA) is 53.6 Å². The number of carbonyl (C=O) groups is 1. The summed E-state index contributed by atoms with van der Waals surface area (Å²) in [4.78, 5) is 14.2. The Bertz CT molecular complexity index is 287. The summed E-state index contributed by atoms with van der Waals surface area (Å²) in [6, 6.07) is 0.789. The molecule has 1 amide bonds. The van der Waals surface area contributed by atoms with Gasteiger partial charge in [0.1, 0.15) is 5.60 Å². The molecular weight excluding hydrogens is 230 g/mol. The van der Waals surface area contributed by atoms with Gasteiger partial charge in [0.15, 0.2) is 0 Å². The van der Waals surface area contributed by atoms with Crippen molar-refractivity contribution in [3.8, 4) is 0 Å². The predicted molar refractivity (Wildman–Crippen MR) is 70.6 cm³/mol. The maximum atomic E-state index is 11.7. The first kappa shape index (κ1) is 13.6. The number of nitrogens with zero attached hydrogens (tertiary/aromatic N) is 1. The third-order valence-electron chi connectivity index (χ3n) is 3.43. The maximum absolute atomic E-state index is 11.7. The summed E-state index contributed by atoms with van der Waals surface area (Å²) in [6.45, 7) is 9.88. The number of ether oxygens (including phenoxy) is 1. The molecule has 18 heavy (non-hydrogen) atoms. The summed E-state index contributed by atoms with van der Waals surface area (Å²) in [5, 5.41) is 6.43. The molecule has 0 saturated carbocycles. The monoisotopic (exact) mass is 255 g/mol. The summed E-state index contributed by atoms with van der Waals surface area (Å²) in [5.74, 6) is 0. The number of rotatable bonds is 1. The van der Waals surface area contributed by atoms with E-state index in [0.717, 1.165) is 32.6 Å². The number of hydrogen-bond acceptors (Lipinski definition) is 4. The van der Waals surface area contributed by atoms with E-state index in [0.29, 0.717) is 6.04 Å². The van der Waals surface area contributed by atoms with Gasteiger partial charge in [0.05, 0.1) is 0 Å². The lowest BCUT2D eigenvalue weighted by Crippen LogP contribution is -2.40. The molecule has 2 aliphatic heterocycles. The molecule has 0 bridgehead atoms. The van der Waals surface area contributed by atoms with Gasteiger partial charge in [-0.05, 0) is 46.7 Å². The SMILES string of the molecule is CC(C)(C)OC(=O)N[C@H]1C[C@H]2CNCCCN2C1. The Morgan fingerprint density at radius 2 is 2.22 bits per heavy atom. The zero-order valence-corrected chi connectivity index (χ0v) is 11.7. The summed E-state index contributed by atoms with van der Waals surface area (Å²) in [6.07, 6.45) is 1.92. The molecule has 0 aromatic carbocycles. The lowest BCUT2D eigenvalue weighted by molar-refractivity contribution is 0.0506. The van der Waals surface area contributed by atoms with Crippen molar-refractivity contribution >= 4 is 6.09 Å². The second kappa shape index (κ2) is 5.45. The highest BCUT2D eigenvalue weighted by atomic mass is 16.6. The van der Waals surface area contributed by atoms with Crippen molar-refractivity contribution in [2.24, 2.45) is 0 Å². The minimum Gasteiger partial charge on any atom is -0.444 e. The van der Waals surface area contributed by atoms with E-state index in [-0.39, 0.29) is 12.1 Å². The molecule has 0 aliphatic carbocycles. The van der Waals surface area contributed by atoms with Crippen LogP contribution in [-0.4, -0.2) is 54.9 Å². The molecule has 0 unspecified atom stereocenters. The molecular formula is C13H25N3O2. The average Bonchev–Trinajstić information content (AvgIpc) is 2.44. The quantitative estimate of drug-likeness (QED) is 0.732. The van der Waals surface area contributed by atoms with Crippen molar-refractivity contribution < 1.29 is 9.53 Å². The molecule has 2 aliphatic rings. The van der Waals surface area contributed by atoms with Gasteiger partial charge in [0.25, 0.3) is 0 Å². The minimum absolute atomic E-state index is 0.227. The number of nitrogens with one attached hydrogen (secondary N) is 2. The first-order valence-electron chi connectivity index (χ1n) is 6.88. The molecule has 2 heterocycles. The molecule has 5 heteroatoms. The molecule has 2 rings (SSSR count). The van der Waals surface area contributed by atoms with Crippen molar-refractivity contribution in [1.82, 2.24) is 15.5 Å². The van der Waals surface area contributed by atoms with Crippen LogP contribution in [0.2, 0.25) is 0 Å². The Kier molecular flexibility index (Phi) is 4.12. The maximum Gasteiger partial charge on any atom is 0.407 e. The van der Waals surface area contributed by atoms with Crippen molar-refractivity contribution in [2.45, 2.75) is 51.3 Å². The summed E-state index contributed by atoms with van der Waals surface area (Å²) in [5.41, 5.74) is -0.422. The zero-order chi connectivity index (χ0) is 13.2. The van der Waals surface area contributed by atoms with Gasteiger partial charge in [-0.25, -0.2) is 4.79 Å². The highest BCUT2D eigenvalue weighted by Crippen LogP contribution is 2.19. The molecule has 0 aromatic rings. The summed E-state index contributed by atoms with van der Waals surface area (Å²) < 4.78 is 5.29. The van der Waals surface area contributed by atoms with Gasteiger partial charge >= 0.3 is 6.09 Å². The van der Waals surface area contributed by atoms with Crippen LogP contribution >= 0.6 is 0 Å². The van der Waals surface area contributed by atoms with E-state index in [4.69, 9.17) is 4.74 Å². The van der Waals surface area contributed by atoms with Crippen LogP contribution in [0.15, 0.2) is 0 Å². The van der Waals surface area contributed by atoms with Crippen molar-refractivity contribution in [2.75, 3.05) is 26.2 Å². The van der Waals surface area contributed by atoms with Crippen LogP contribution in [0.4, 0.5) is 4.79 Å². The standard InChI is InChI=1S/C13H25N3O2/c1-13(2,3)18-12(17)15-10-7-11-8-14-5-4-6-16(11)9-10/h10-11,14H,4-9H2,1-3H3,(H,15,17)/t10-,11-/m0/s1. The Balaban J connectivity index is 1.80. The lowest BCUT2D eigenvalue weighted by atomic mass is 10.1. The van der Waals surface area contributed by atoms with Crippen LogP contribution in [0.1, 0.15) is 33.6 Å². The average molecular weight is 255 g/mol. The second-order valence-electron chi connectivity index (χ2n) is 6.29. The predicted octanol–water partition coefficient (Wildman–Crippen LogP) is 0.947. The zero-order valence-electron chi connectivity index (χ0n) is 11.7. The van der Waals surface area contributed by atoms with Crippen LogP contribution in [0.3, 0.4) is 0 Å². The summed E-state index contributed by atoms with van der Waals surface area (Å²) in [7, 11) is 0. The van der Waals surface area contributed by atoms with Gasteiger partial charge in [-0.2, -0.15) is 0 Å². The van der Waals surface area contributed by atoms with E-state index in [1.165, 1.54) is 6.42 Å². The first-order valence-corrected chi connectivity index (χ1v) is 6.88. The van der Waals surface area contributed by atoms with Crippen LogP contribution in [0.25, 0.3) is 0 Å². The number of amides is 1. The first-order chi connectivity index (χ1) is 8.44. The largest absolute Gasteiger partial charge is 0.444 e. The lowest BCUT2D eigenvalue weighted by Gasteiger charge is -2.22. The molecule has 0 aromatic heterocycles. The van der Waals surface area contributed by atoms with Gasteiger partial charge in [0.2, 0.25) is 0 Å². The van der Waals surface area contributed by atoms with E-state index >= 15 is 0 Å². The normalized spacial score (nSPS) is 29.5. The third-order valence-corrected chi connectivity index (χ3v) is 3.43. The molecule has 0 radical (unpaired) electrons. The fourth-order valence-electron chi connectivity index (χ4n) is 2.73. The van der Waals surface area contributed by atoms with Gasteiger partial charge in [-0.1, -0.05) is 0 Å². The van der Waals surface area contributed by atoms with E-state index in [1.54, 1.807) is 0 Å². The van der Waals surface area contributed by atoms with Crippen molar-refractivity contribution in [1.29, 1.82) is 0 Å². The highest BCUT2D eigenvalue weighted by molar-refractivity contribution is 5.68. The molecule has 2 N–H and O–H groups in total. The smallest absolute Gasteiger partial charge is 0.407 e. The Morgan fingerprint density at radius 1 is 1.44 bits per heavy atom. The molecule has 2 atom stereocenters. The second-order valence-corrected chi connectivity index (χ2v) is 6.29. The van der Waals surface area contributed by atoms with E-state index in [9.17, 15) is 4.79 Å². The molecule has 2 saturated heterocycles. The molecule has 104 valence electrons. The number of carbonyl (C=O) groups excluding carboxylic acids is 1. The van der Waals surface area contributed by atoms with Gasteiger partial charge in [0, 0.05) is 25.2 Å². The Morgan fingerprint density at radius 3 is 2.94 bits per heavy atom. The molecule has 0 spiro atoms. The number of alkyl carbamates (subject to hydrolysis) is 1. The van der Waals surface area contributed by atoms with Gasteiger partial charge in [-0.3, -0.25) is 4.90 Å². The fourth-order valence-corrected chi connectivity index (χ4v) is 2.73.